The van der Waals surface area contributed by atoms with Crippen LogP contribution in [0.5, 0.6) is 0 Å². The average Bonchev–Trinajstić information content (AvgIpc) is 2.04. The van der Waals surface area contributed by atoms with Crippen molar-refractivity contribution in [1.29, 1.82) is 0 Å². The number of hydrogen-bond acceptors (Lipinski definition) is 2. The molecule has 62 valence electrons. The van der Waals surface area contributed by atoms with Crippen molar-refractivity contribution in [2.45, 2.75) is 0 Å². The summed E-state index contributed by atoms with van der Waals surface area (Å²) in [6, 6.07) is 6.07. The highest BCUT2D eigenvalue weighted by atomic mass is 16.4. The minimum Gasteiger partial charge on any atom is -0.522 e. The Balaban J connectivity index is 3.04. The Hall–Kier alpha value is -1.33. The first-order valence-corrected chi connectivity index (χ1v) is 3.40. The van der Waals surface area contributed by atoms with Gasteiger partial charge in [-0.15, -0.1) is 0 Å². The summed E-state index contributed by atoms with van der Waals surface area (Å²) in [6.45, 7) is 0. The van der Waals surface area contributed by atoms with Crippen LogP contribution in [0.25, 0.3) is 0 Å². The van der Waals surface area contributed by atoms with Crippen LogP contribution in [-0.4, -0.2) is 23.1 Å². The monoisotopic (exact) mass is 166 g/mol. The maximum absolute atomic E-state index is 10.7. The van der Waals surface area contributed by atoms with E-state index in [1.54, 1.807) is 12.1 Å². The van der Waals surface area contributed by atoms with Gasteiger partial charge in [0.05, 0.1) is 5.46 Å². The predicted octanol–water partition coefficient (Wildman–Crippen LogP) is -1.80. The standard InChI is InChI=1S/C7H8BNO3/c9-7(10)5-2-1-3-6(4-5)8(11)12/h1-4,11-12H,(H2,9,10)/p+1. The lowest BCUT2D eigenvalue weighted by molar-refractivity contribution is 0.100. The first kappa shape index (κ1) is 8.77. The van der Waals surface area contributed by atoms with Crippen molar-refractivity contribution in [3.63, 3.8) is 0 Å². The van der Waals surface area contributed by atoms with E-state index >= 15 is 0 Å². The molecule has 0 atom stereocenters. The molecule has 1 aromatic rings. The van der Waals surface area contributed by atoms with Gasteiger partial charge in [-0.2, -0.15) is 0 Å². The van der Waals surface area contributed by atoms with Gasteiger partial charge in [0.25, 0.3) is 0 Å². The molecule has 1 rings (SSSR count). The molecule has 0 unspecified atom stereocenters. The molecule has 1 aromatic carbocycles. The molecule has 0 radical (unpaired) electrons. The normalized spacial score (nSPS) is 9.50. The Bertz CT molecular complexity index is 300. The Kier molecular flexibility index (Phi) is 2.47. The highest BCUT2D eigenvalue weighted by Gasteiger charge is 2.22. The van der Waals surface area contributed by atoms with Gasteiger partial charge in [0, 0.05) is 5.56 Å². The molecule has 0 aliphatic heterocycles. The Morgan fingerprint density at radius 1 is 1.58 bits per heavy atom. The average molecular weight is 166 g/mol. The Morgan fingerprint density at radius 2 is 2.25 bits per heavy atom. The smallest absolute Gasteiger partial charge is 0.522 e. The molecule has 0 aliphatic carbocycles. The minimum absolute atomic E-state index is 0.304. The molecule has 0 spiro atoms. The highest BCUT2D eigenvalue weighted by molar-refractivity contribution is 6.58. The number of carbonyl (C=O) groups excluding carboxylic acids is 1. The number of primary amides is 1. The van der Waals surface area contributed by atoms with E-state index in [4.69, 9.17) is 15.8 Å². The summed E-state index contributed by atoms with van der Waals surface area (Å²) in [5, 5.41) is 15.8. The lowest BCUT2D eigenvalue weighted by Gasteiger charge is -1.96. The summed E-state index contributed by atoms with van der Waals surface area (Å²) in [6.07, 6.45) is 0. The van der Waals surface area contributed by atoms with Crippen LogP contribution in [0.1, 0.15) is 10.4 Å². The summed E-state index contributed by atoms with van der Waals surface area (Å²) in [5.74, 6) is -0.558. The van der Waals surface area contributed by atoms with Crippen LogP contribution >= 0.6 is 0 Å². The molecular formula is C7H9BNO3+. The molecule has 0 aromatic heterocycles. The fourth-order valence-electron chi connectivity index (χ4n) is 0.862. The van der Waals surface area contributed by atoms with E-state index < -0.39 is 13.0 Å². The fraction of sp³-hybridized carbons (Fsp3) is 0. The zero-order valence-corrected chi connectivity index (χ0v) is 6.32. The number of nitrogens with two attached hydrogens (primary N) is 1. The minimum atomic E-state index is -1.32. The highest BCUT2D eigenvalue weighted by Crippen LogP contribution is 1.94. The van der Waals surface area contributed by atoms with Gasteiger partial charge in [-0.25, -0.2) is 0 Å². The quantitative estimate of drug-likeness (QED) is 0.401. The maximum Gasteiger partial charge on any atom is 0.727 e. The van der Waals surface area contributed by atoms with Crippen LogP contribution in [0.4, 0.5) is 0 Å². The molecular weight excluding hydrogens is 157 g/mol. The number of amides is 1. The van der Waals surface area contributed by atoms with Crippen LogP contribution in [0.15, 0.2) is 24.3 Å². The Labute approximate surface area is 69.8 Å². The molecule has 5 N–H and O–H groups in total. The Morgan fingerprint density at radius 3 is 2.75 bits per heavy atom. The van der Waals surface area contributed by atoms with E-state index in [9.17, 15) is 4.79 Å². The molecule has 5 heteroatoms. The molecule has 0 saturated heterocycles. The van der Waals surface area contributed by atoms with Crippen LogP contribution < -0.4 is 11.2 Å². The molecule has 0 saturated carbocycles. The van der Waals surface area contributed by atoms with Gasteiger partial charge in [0.15, 0.2) is 0 Å². The molecule has 1 amide bonds. The van der Waals surface area contributed by atoms with Gasteiger partial charge in [-0.1, -0.05) is 12.1 Å². The number of hydrogen-bond donors (Lipinski definition) is 2. The van der Waals surface area contributed by atoms with E-state index in [1.165, 1.54) is 12.1 Å². The lowest BCUT2D eigenvalue weighted by Crippen LogP contribution is -2.30. The van der Waals surface area contributed by atoms with Crippen LogP contribution in [-0.2, 0) is 0 Å². The van der Waals surface area contributed by atoms with E-state index in [0.29, 0.717) is 11.0 Å². The predicted molar refractivity (Wildman–Crippen MR) is 46.2 cm³/mol. The van der Waals surface area contributed by atoms with E-state index in [1.807, 2.05) is 0 Å². The third kappa shape index (κ3) is 1.84. The first-order valence-electron chi connectivity index (χ1n) is 3.40. The van der Waals surface area contributed by atoms with Gasteiger partial charge in [0.2, 0.25) is 5.91 Å². The second-order valence-corrected chi connectivity index (χ2v) is 2.39. The van der Waals surface area contributed by atoms with Crippen molar-refractivity contribution in [3.8, 4) is 0 Å². The number of rotatable bonds is 2. The molecule has 0 aliphatic rings. The summed E-state index contributed by atoms with van der Waals surface area (Å²) < 4.78 is 0. The van der Waals surface area contributed by atoms with Crippen molar-refractivity contribution in [2.24, 2.45) is 5.73 Å². The van der Waals surface area contributed by atoms with Crippen LogP contribution in [0.2, 0.25) is 0 Å². The summed E-state index contributed by atoms with van der Waals surface area (Å²) in [7, 11) is -1.32. The van der Waals surface area contributed by atoms with Crippen LogP contribution in [0.3, 0.4) is 0 Å². The second kappa shape index (κ2) is 3.38. The van der Waals surface area contributed by atoms with Gasteiger partial charge >= 0.3 is 7.12 Å². The SMILES string of the molecule is NC(=O)c1cccc(B(O)[OH2+])c1. The zero-order chi connectivity index (χ0) is 9.14. The summed E-state index contributed by atoms with van der Waals surface area (Å²) in [5.41, 5.74) is 5.67. The number of benzene rings is 1. The molecule has 0 bridgehead atoms. The third-order valence-corrected chi connectivity index (χ3v) is 1.49. The molecule has 0 heterocycles. The fourth-order valence-corrected chi connectivity index (χ4v) is 0.862. The van der Waals surface area contributed by atoms with Crippen molar-refractivity contribution < 1.29 is 14.8 Å². The van der Waals surface area contributed by atoms with Crippen molar-refractivity contribution >= 4 is 18.5 Å². The molecule has 12 heavy (non-hydrogen) atoms. The maximum atomic E-state index is 10.7. The van der Waals surface area contributed by atoms with Gasteiger partial charge in [-0.3, -0.25) is 4.79 Å². The van der Waals surface area contributed by atoms with Gasteiger partial charge in [0.1, 0.15) is 0 Å². The first-order chi connectivity index (χ1) is 5.61. The van der Waals surface area contributed by atoms with Crippen molar-refractivity contribution in [1.82, 2.24) is 0 Å². The third-order valence-electron chi connectivity index (χ3n) is 1.49. The number of carbonyl (C=O) groups is 1. The summed E-state index contributed by atoms with van der Waals surface area (Å²) >= 11 is 0. The topological polar surface area (TPSA) is 86.2 Å². The van der Waals surface area contributed by atoms with Crippen molar-refractivity contribution in [3.05, 3.63) is 29.8 Å². The molecule has 0 fully saturated rings. The van der Waals surface area contributed by atoms with E-state index in [-0.39, 0.29) is 0 Å². The largest absolute Gasteiger partial charge is 0.727 e. The second-order valence-electron chi connectivity index (χ2n) is 2.39. The van der Waals surface area contributed by atoms with Gasteiger partial charge < -0.3 is 15.8 Å². The van der Waals surface area contributed by atoms with Crippen molar-refractivity contribution in [2.75, 3.05) is 0 Å². The lowest BCUT2D eigenvalue weighted by atomic mass is 9.79. The van der Waals surface area contributed by atoms with Gasteiger partial charge in [-0.05, 0) is 12.1 Å². The summed E-state index contributed by atoms with van der Waals surface area (Å²) in [4.78, 5) is 10.7. The van der Waals surface area contributed by atoms with Crippen LogP contribution in [0, 0.1) is 0 Å². The molecule has 4 nitrogen and oxygen atoms in total. The van der Waals surface area contributed by atoms with E-state index in [2.05, 4.69) is 0 Å². The zero-order valence-electron chi connectivity index (χ0n) is 6.32. The van der Waals surface area contributed by atoms with E-state index in [0.717, 1.165) is 0 Å².